The summed E-state index contributed by atoms with van der Waals surface area (Å²) >= 11 is 5.86. The summed E-state index contributed by atoms with van der Waals surface area (Å²) in [6, 6.07) is 5.14. The van der Waals surface area contributed by atoms with Gasteiger partial charge >= 0.3 is 0 Å². The molecule has 0 atom stereocenters. The molecular formula is C13H10ClFN4O2. The van der Waals surface area contributed by atoms with Crippen LogP contribution in [0, 0.1) is 5.82 Å². The Hall–Kier alpha value is -2.67. The highest BCUT2D eigenvalue weighted by atomic mass is 35.5. The minimum absolute atomic E-state index is 0.129. The molecular weight excluding hydrogens is 299 g/mol. The molecule has 0 bridgehead atoms. The van der Waals surface area contributed by atoms with Crippen molar-refractivity contribution in [3.63, 3.8) is 0 Å². The first-order valence-corrected chi connectivity index (χ1v) is 6.09. The van der Waals surface area contributed by atoms with Crippen molar-refractivity contribution in [3.8, 4) is 0 Å². The summed E-state index contributed by atoms with van der Waals surface area (Å²) in [5, 5.41) is 14.0. The minimum atomic E-state index is -0.676. The Kier molecular flexibility index (Phi) is 4.34. The van der Waals surface area contributed by atoms with Crippen LogP contribution >= 0.6 is 11.6 Å². The summed E-state index contributed by atoms with van der Waals surface area (Å²) in [7, 11) is 0. The van der Waals surface area contributed by atoms with Crippen molar-refractivity contribution in [3.05, 3.63) is 58.6 Å². The van der Waals surface area contributed by atoms with Gasteiger partial charge in [0.15, 0.2) is 5.84 Å². The number of carbonyl (C=O) groups excluding carboxylic acids is 1. The fraction of sp³-hybridized carbons (Fsp3) is 0. The number of carbonyl (C=O) groups is 1. The number of amides is 1. The van der Waals surface area contributed by atoms with E-state index in [0.717, 1.165) is 6.07 Å². The number of oxime groups is 1. The van der Waals surface area contributed by atoms with E-state index in [0.29, 0.717) is 0 Å². The van der Waals surface area contributed by atoms with Crippen LogP contribution in [0.15, 0.2) is 41.8 Å². The highest BCUT2D eigenvalue weighted by Crippen LogP contribution is 2.18. The van der Waals surface area contributed by atoms with Crippen LogP contribution in [0.3, 0.4) is 0 Å². The molecule has 21 heavy (non-hydrogen) atoms. The van der Waals surface area contributed by atoms with Crippen molar-refractivity contribution in [1.29, 1.82) is 0 Å². The van der Waals surface area contributed by atoms with Crippen LogP contribution in [0.25, 0.3) is 0 Å². The number of nitrogens with zero attached hydrogens (tertiary/aromatic N) is 2. The van der Waals surface area contributed by atoms with Gasteiger partial charge in [0.05, 0.1) is 16.1 Å². The summed E-state index contributed by atoms with van der Waals surface area (Å²) in [5.41, 5.74) is 5.72. The summed E-state index contributed by atoms with van der Waals surface area (Å²) < 4.78 is 13.5. The summed E-state index contributed by atoms with van der Waals surface area (Å²) in [5.74, 6) is -1.56. The molecule has 0 unspecified atom stereocenters. The molecule has 1 heterocycles. The zero-order valence-corrected chi connectivity index (χ0v) is 11.3. The minimum Gasteiger partial charge on any atom is -0.409 e. The second-order valence-corrected chi connectivity index (χ2v) is 4.40. The smallest absolute Gasteiger partial charge is 0.257 e. The number of amidine groups is 1. The van der Waals surface area contributed by atoms with Gasteiger partial charge in [-0.05, 0) is 24.3 Å². The Labute approximate surface area is 124 Å². The van der Waals surface area contributed by atoms with Crippen LogP contribution in [-0.4, -0.2) is 21.9 Å². The van der Waals surface area contributed by atoms with Gasteiger partial charge in [-0.1, -0.05) is 16.8 Å². The third-order valence-corrected chi connectivity index (χ3v) is 2.93. The molecule has 0 saturated heterocycles. The van der Waals surface area contributed by atoms with Crippen molar-refractivity contribution in [2.24, 2.45) is 10.9 Å². The lowest BCUT2D eigenvalue weighted by Gasteiger charge is -2.08. The van der Waals surface area contributed by atoms with Gasteiger partial charge in [-0.2, -0.15) is 0 Å². The average molecular weight is 309 g/mol. The molecule has 0 fully saturated rings. The predicted octanol–water partition coefficient (Wildman–Crippen LogP) is 2.22. The largest absolute Gasteiger partial charge is 0.409 e. The van der Waals surface area contributed by atoms with Gasteiger partial charge in [0, 0.05) is 18.1 Å². The topological polar surface area (TPSA) is 101 Å². The number of pyridine rings is 1. The molecule has 0 aliphatic carbocycles. The zero-order chi connectivity index (χ0) is 15.4. The number of hydrogen-bond donors (Lipinski definition) is 3. The summed E-state index contributed by atoms with van der Waals surface area (Å²) in [6.07, 6.45) is 2.76. The van der Waals surface area contributed by atoms with Gasteiger partial charge in [0.25, 0.3) is 5.91 Å². The second kappa shape index (κ2) is 6.19. The molecule has 2 rings (SSSR count). The number of nitrogens with two attached hydrogens (primary N) is 1. The highest BCUT2D eigenvalue weighted by molar-refractivity contribution is 6.34. The molecule has 8 heteroatoms. The molecule has 0 saturated carbocycles. The monoisotopic (exact) mass is 308 g/mol. The lowest BCUT2D eigenvalue weighted by Crippen LogP contribution is -2.17. The number of nitrogens with one attached hydrogen (secondary N) is 1. The van der Waals surface area contributed by atoms with E-state index in [1.54, 1.807) is 0 Å². The van der Waals surface area contributed by atoms with E-state index >= 15 is 0 Å². The first-order valence-electron chi connectivity index (χ1n) is 5.71. The quantitative estimate of drug-likeness (QED) is 0.350. The lowest BCUT2D eigenvalue weighted by atomic mass is 10.1. The SMILES string of the molecule is NC(=NO)c1cc(NC(=O)c2ccncc2Cl)ccc1F. The van der Waals surface area contributed by atoms with Crippen molar-refractivity contribution in [1.82, 2.24) is 4.98 Å². The van der Waals surface area contributed by atoms with Crippen LogP contribution in [0.2, 0.25) is 5.02 Å². The van der Waals surface area contributed by atoms with Crippen molar-refractivity contribution < 1.29 is 14.4 Å². The van der Waals surface area contributed by atoms with Gasteiger partial charge < -0.3 is 16.3 Å². The molecule has 6 nitrogen and oxygen atoms in total. The molecule has 1 aromatic heterocycles. The molecule has 2 aromatic rings. The van der Waals surface area contributed by atoms with E-state index in [-0.39, 0.29) is 21.8 Å². The zero-order valence-electron chi connectivity index (χ0n) is 10.5. The fourth-order valence-corrected chi connectivity index (χ4v) is 1.82. The van der Waals surface area contributed by atoms with Crippen LogP contribution in [0.1, 0.15) is 15.9 Å². The maximum absolute atomic E-state index is 13.5. The van der Waals surface area contributed by atoms with Crippen molar-refractivity contribution >= 4 is 29.0 Å². The van der Waals surface area contributed by atoms with Gasteiger partial charge in [-0.15, -0.1) is 0 Å². The normalized spacial score (nSPS) is 11.2. The van der Waals surface area contributed by atoms with Crippen LogP contribution < -0.4 is 11.1 Å². The Morgan fingerprint density at radius 1 is 1.38 bits per heavy atom. The molecule has 108 valence electrons. The molecule has 0 aliphatic heterocycles. The molecule has 0 radical (unpaired) electrons. The second-order valence-electron chi connectivity index (χ2n) is 3.99. The standard InChI is InChI=1S/C13H10ClFN4O2/c14-10-6-17-4-3-8(10)13(20)18-7-1-2-11(15)9(5-7)12(16)19-21/h1-6,21H,(H2,16,19)(H,18,20). The molecule has 0 spiro atoms. The number of anilines is 1. The third-order valence-electron chi connectivity index (χ3n) is 2.62. The Bertz CT molecular complexity index is 721. The predicted molar refractivity (Wildman–Crippen MR) is 76.1 cm³/mol. The van der Waals surface area contributed by atoms with Gasteiger partial charge in [-0.25, -0.2) is 4.39 Å². The van der Waals surface area contributed by atoms with Crippen molar-refractivity contribution in [2.45, 2.75) is 0 Å². The van der Waals surface area contributed by atoms with Gasteiger partial charge in [0.2, 0.25) is 0 Å². The van der Waals surface area contributed by atoms with Crippen LogP contribution in [0.5, 0.6) is 0 Å². The molecule has 4 N–H and O–H groups in total. The first-order chi connectivity index (χ1) is 10.0. The lowest BCUT2D eigenvalue weighted by molar-refractivity contribution is 0.102. The maximum Gasteiger partial charge on any atom is 0.257 e. The molecule has 1 amide bonds. The number of hydrogen-bond acceptors (Lipinski definition) is 4. The third kappa shape index (κ3) is 3.26. The summed E-state index contributed by atoms with van der Waals surface area (Å²) in [4.78, 5) is 15.8. The first kappa shape index (κ1) is 14.7. The fourth-order valence-electron chi connectivity index (χ4n) is 1.61. The Balaban J connectivity index is 2.28. The van der Waals surface area contributed by atoms with Crippen LogP contribution in [-0.2, 0) is 0 Å². The highest BCUT2D eigenvalue weighted by Gasteiger charge is 2.13. The summed E-state index contributed by atoms with van der Waals surface area (Å²) in [6.45, 7) is 0. The number of rotatable bonds is 3. The number of halogens is 2. The van der Waals surface area contributed by atoms with E-state index in [9.17, 15) is 9.18 Å². The van der Waals surface area contributed by atoms with Crippen molar-refractivity contribution in [2.75, 3.05) is 5.32 Å². The number of aromatic nitrogens is 1. The molecule has 1 aromatic carbocycles. The van der Waals surface area contributed by atoms with E-state index in [4.69, 9.17) is 22.5 Å². The average Bonchev–Trinajstić information content (AvgIpc) is 2.48. The Morgan fingerprint density at radius 3 is 2.81 bits per heavy atom. The van der Waals surface area contributed by atoms with E-state index in [1.165, 1.54) is 30.6 Å². The van der Waals surface area contributed by atoms with Gasteiger partial charge in [-0.3, -0.25) is 9.78 Å². The van der Waals surface area contributed by atoms with Crippen LogP contribution in [0.4, 0.5) is 10.1 Å². The van der Waals surface area contributed by atoms with E-state index in [1.807, 2.05) is 0 Å². The van der Waals surface area contributed by atoms with E-state index < -0.39 is 17.6 Å². The van der Waals surface area contributed by atoms with E-state index in [2.05, 4.69) is 15.5 Å². The maximum atomic E-state index is 13.5. The molecule has 0 aliphatic rings. The Morgan fingerprint density at radius 2 is 2.14 bits per heavy atom. The van der Waals surface area contributed by atoms with Gasteiger partial charge in [0.1, 0.15) is 5.82 Å². The number of benzene rings is 1.